The molecule has 1 unspecified atom stereocenters. The Balaban J connectivity index is 2.21. The van der Waals surface area contributed by atoms with E-state index in [4.69, 9.17) is 5.73 Å². The molecule has 16 heavy (non-hydrogen) atoms. The third kappa shape index (κ3) is 2.46. The molecule has 0 aromatic carbocycles. The maximum Gasteiger partial charge on any atom is 0.130 e. The number of rotatable bonds is 2. The molecule has 0 radical (unpaired) electrons. The molecule has 0 spiro atoms. The molecule has 1 aliphatic rings. The average molecular weight is 219 g/mol. The standard InChI is InChI=1S/C13H21N3/c1-2-12-6-4-3-5-9-16(12)13-10-11(14)7-8-15-13/h7-8,10,12H,2-6,9H2,1H3,(H2,14,15). The number of nitrogens with zero attached hydrogens (tertiary/aromatic N) is 2. The molecule has 1 aliphatic heterocycles. The fourth-order valence-electron chi connectivity index (χ4n) is 2.49. The van der Waals surface area contributed by atoms with E-state index in [0.29, 0.717) is 6.04 Å². The first-order chi connectivity index (χ1) is 7.81. The summed E-state index contributed by atoms with van der Waals surface area (Å²) in [5.74, 6) is 1.05. The third-order valence-electron chi connectivity index (χ3n) is 3.41. The van der Waals surface area contributed by atoms with E-state index in [2.05, 4.69) is 16.8 Å². The Morgan fingerprint density at radius 2 is 2.31 bits per heavy atom. The summed E-state index contributed by atoms with van der Waals surface area (Å²) >= 11 is 0. The van der Waals surface area contributed by atoms with Gasteiger partial charge in [-0.1, -0.05) is 19.8 Å². The van der Waals surface area contributed by atoms with Crippen LogP contribution >= 0.6 is 0 Å². The molecule has 2 heterocycles. The van der Waals surface area contributed by atoms with Crippen molar-refractivity contribution in [2.75, 3.05) is 17.2 Å². The fourth-order valence-corrected chi connectivity index (χ4v) is 2.49. The summed E-state index contributed by atoms with van der Waals surface area (Å²) in [5, 5.41) is 0. The normalized spacial score (nSPS) is 21.8. The van der Waals surface area contributed by atoms with Gasteiger partial charge in [0.25, 0.3) is 0 Å². The molecule has 2 rings (SSSR count). The molecule has 2 N–H and O–H groups in total. The quantitative estimate of drug-likeness (QED) is 0.831. The first-order valence-electron chi connectivity index (χ1n) is 6.29. The molecule has 1 fully saturated rings. The van der Waals surface area contributed by atoms with E-state index in [-0.39, 0.29) is 0 Å². The third-order valence-corrected chi connectivity index (χ3v) is 3.41. The van der Waals surface area contributed by atoms with Gasteiger partial charge in [0.05, 0.1) is 0 Å². The second-order valence-electron chi connectivity index (χ2n) is 4.55. The van der Waals surface area contributed by atoms with Gasteiger partial charge in [0.15, 0.2) is 0 Å². The fraction of sp³-hybridized carbons (Fsp3) is 0.615. The second kappa shape index (κ2) is 5.19. The van der Waals surface area contributed by atoms with Gasteiger partial charge in [-0.2, -0.15) is 0 Å². The van der Waals surface area contributed by atoms with Gasteiger partial charge in [-0.15, -0.1) is 0 Å². The van der Waals surface area contributed by atoms with Crippen molar-refractivity contribution in [2.45, 2.75) is 45.1 Å². The van der Waals surface area contributed by atoms with Crippen molar-refractivity contribution >= 4 is 11.5 Å². The molecule has 0 amide bonds. The Morgan fingerprint density at radius 1 is 1.44 bits per heavy atom. The zero-order chi connectivity index (χ0) is 11.4. The van der Waals surface area contributed by atoms with E-state index < -0.39 is 0 Å². The second-order valence-corrected chi connectivity index (χ2v) is 4.55. The van der Waals surface area contributed by atoms with E-state index in [1.807, 2.05) is 18.3 Å². The van der Waals surface area contributed by atoms with Gasteiger partial charge in [0.1, 0.15) is 5.82 Å². The number of anilines is 2. The van der Waals surface area contributed by atoms with Crippen molar-refractivity contribution in [3.05, 3.63) is 18.3 Å². The smallest absolute Gasteiger partial charge is 0.130 e. The topological polar surface area (TPSA) is 42.1 Å². The molecule has 1 aromatic heterocycles. The molecule has 88 valence electrons. The molecular formula is C13H21N3. The zero-order valence-electron chi connectivity index (χ0n) is 10.0. The van der Waals surface area contributed by atoms with Crippen molar-refractivity contribution in [1.82, 2.24) is 4.98 Å². The summed E-state index contributed by atoms with van der Waals surface area (Å²) in [6, 6.07) is 4.48. The highest BCUT2D eigenvalue weighted by molar-refractivity contribution is 5.50. The minimum absolute atomic E-state index is 0.636. The zero-order valence-corrected chi connectivity index (χ0v) is 10.0. The van der Waals surface area contributed by atoms with Gasteiger partial charge in [0.2, 0.25) is 0 Å². The summed E-state index contributed by atoms with van der Waals surface area (Å²) < 4.78 is 0. The van der Waals surface area contributed by atoms with Crippen LogP contribution in [-0.2, 0) is 0 Å². The summed E-state index contributed by atoms with van der Waals surface area (Å²) in [5.41, 5.74) is 6.63. The van der Waals surface area contributed by atoms with Crippen molar-refractivity contribution in [3.63, 3.8) is 0 Å². The molecule has 1 saturated heterocycles. The van der Waals surface area contributed by atoms with Crippen LogP contribution in [0.25, 0.3) is 0 Å². The molecule has 0 saturated carbocycles. The summed E-state index contributed by atoms with van der Waals surface area (Å²) in [6.07, 6.45) is 8.24. The van der Waals surface area contributed by atoms with Crippen LogP contribution in [0.2, 0.25) is 0 Å². The van der Waals surface area contributed by atoms with Crippen LogP contribution in [-0.4, -0.2) is 17.6 Å². The van der Waals surface area contributed by atoms with E-state index in [1.54, 1.807) is 0 Å². The summed E-state index contributed by atoms with van der Waals surface area (Å²) in [6.45, 7) is 3.38. The molecule has 0 bridgehead atoms. The number of nitrogens with two attached hydrogens (primary N) is 1. The Labute approximate surface area is 97.7 Å². The molecule has 0 aliphatic carbocycles. The lowest BCUT2D eigenvalue weighted by Crippen LogP contribution is -2.35. The van der Waals surface area contributed by atoms with Gasteiger partial charge >= 0.3 is 0 Å². The van der Waals surface area contributed by atoms with Crippen LogP contribution in [0.3, 0.4) is 0 Å². The molecular weight excluding hydrogens is 198 g/mol. The Bertz CT molecular complexity index is 338. The minimum atomic E-state index is 0.636. The molecule has 3 nitrogen and oxygen atoms in total. The van der Waals surface area contributed by atoms with E-state index in [0.717, 1.165) is 18.1 Å². The SMILES string of the molecule is CCC1CCCCCN1c1cc(N)ccn1. The lowest BCUT2D eigenvalue weighted by molar-refractivity contribution is 0.552. The van der Waals surface area contributed by atoms with E-state index in [9.17, 15) is 0 Å². The average Bonchev–Trinajstić information content (AvgIpc) is 2.53. The van der Waals surface area contributed by atoms with Gasteiger partial charge < -0.3 is 10.6 Å². The number of nitrogen functional groups attached to an aromatic ring is 1. The monoisotopic (exact) mass is 219 g/mol. The summed E-state index contributed by atoms with van der Waals surface area (Å²) in [4.78, 5) is 6.88. The Morgan fingerprint density at radius 3 is 3.06 bits per heavy atom. The Kier molecular flexibility index (Phi) is 3.65. The van der Waals surface area contributed by atoms with Crippen molar-refractivity contribution in [3.8, 4) is 0 Å². The lowest BCUT2D eigenvalue weighted by Gasteiger charge is -2.30. The molecule has 1 aromatic rings. The van der Waals surface area contributed by atoms with Crippen LogP contribution in [0.4, 0.5) is 11.5 Å². The highest BCUT2D eigenvalue weighted by Crippen LogP contribution is 2.25. The van der Waals surface area contributed by atoms with E-state index >= 15 is 0 Å². The summed E-state index contributed by atoms with van der Waals surface area (Å²) in [7, 11) is 0. The van der Waals surface area contributed by atoms with Crippen molar-refractivity contribution < 1.29 is 0 Å². The van der Waals surface area contributed by atoms with Gasteiger partial charge in [-0.3, -0.25) is 0 Å². The molecule has 1 atom stereocenters. The number of aromatic nitrogens is 1. The van der Waals surface area contributed by atoms with Gasteiger partial charge in [-0.05, 0) is 25.3 Å². The largest absolute Gasteiger partial charge is 0.399 e. The minimum Gasteiger partial charge on any atom is -0.399 e. The molecule has 3 heteroatoms. The first kappa shape index (κ1) is 11.2. The van der Waals surface area contributed by atoms with Crippen LogP contribution in [0.5, 0.6) is 0 Å². The Hall–Kier alpha value is -1.25. The first-order valence-corrected chi connectivity index (χ1v) is 6.29. The highest BCUT2D eigenvalue weighted by Gasteiger charge is 2.20. The highest BCUT2D eigenvalue weighted by atomic mass is 15.2. The van der Waals surface area contributed by atoms with Gasteiger partial charge in [0, 0.05) is 30.5 Å². The predicted octanol–water partition coefficient (Wildman–Crippen LogP) is 2.82. The maximum atomic E-state index is 5.82. The predicted molar refractivity (Wildman–Crippen MR) is 68.5 cm³/mol. The lowest BCUT2D eigenvalue weighted by atomic mass is 10.1. The van der Waals surface area contributed by atoms with Crippen molar-refractivity contribution in [1.29, 1.82) is 0 Å². The number of hydrogen-bond acceptors (Lipinski definition) is 3. The maximum absolute atomic E-state index is 5.82. The van der Waals surface area contributed by atoms with Crippen LogP contribution < -0.4 is 10.6 Å². The van der Waals surface area contributed by atoms with Crippen LogP contribution in [0.15, 0.2) is 18.3 Å². The van der Waals surface area contributed by atoms with Crippen LogP contribution in [0.1, 0.15) is 39.0 Å². The van der Waals surface area contributed by atoms with E-state index in [1.165, 1.54) is 32.1 Å². The number of pyridine rings is 1. The number of hydrogen-bond donors (Lipinski definition) is 1. The van der Waals surface area contributed by atoms with Crippen molar-refractivity contribution in [2.24, 2.45) is 0 Å². The van der Waals surface area contributed by atoms with Crippen LogP contribution in [0, 0.1) is 0 Å². The van der Waals surface area contributed by atoms with Gasteiger partial charge in [-0.25, -0.2) is 4.98 Å².